The lowest BCUT2D eigenvalue weighted by Gasteiger charge is -2.21. The van der Waals surface area contributed by atoms with Crippen molar-refractivity contribution < 1.29 is 28.2 Å². The highest BCUT2D eigenvalue weighted by Gasteiger charge is 2.29. The number of nitrogens with zero attached hydrogens (tertiary/aromatic N) is 3. The van der Waals surface area contributed by atoms with E-state index in [1.54, 1.807) is 12.1 Å². The lowest BCUT2D eigenvalue weighted by atomic mass is 10.1. The molecule has 10 nitrogen and oxygen atoms in total. The molecule has 1 aromatic heterocycles. The maximum atomic E-state index is 13.1. The van der Waals surface area contributed by atoms with E-state index in [9.17, 15) is 23.1 Å². The lowest BCUT2D eigenvalue weighted by molar-refractivity contribution is -0.136. The Morgan fingerprint density at radius 3 is 2.44 bits per heavy atom. The number of aromatic hydroxyl groups is 1. The molecule has 3 aromatic rings. The summed E-state index contributed by atoms with van der Waals surface area (Å²) < 4.78 is 28.4. The number of aromatic nitrogens is 2. The van der Waals surface area contributed by atoms with Crippen LogP contribution in [0.2, 0.25) is 0 Å². The largest absolute Gasteiger partial charge is 0.506 e. The number of benzene rings is 2. The molecule has 3 rings (SSSR count). The molecule has 0 atom stereocenters. The smallest absolute Gasteiger partial charge is 0.307 e. The second-order valence-corrected chi connectivity index (χ2v) is 9.14. The number of aryl methyl sites for hydroxylation is 2. The van der Waals surface area contributed by atoms with Crippen molar-refractivity contribution in [1.29, 1.82) is 0 Å². The number of sulfonamides is 1. The summed E-state index contributed by atoms with van der Waals surface area (Å²) in [6, 6.07) is 10.3. The van der Waals surface area contributed by atoms with E-state index in [1.807, 2.05) is 6.92 Å². The van der Waals surface area contributed by atoms with E-state index in [0.29, 0.717) is 5.56 Å². The van der Waals surface area contributed by atoms with Crippen LogP contribution < -0.4 is 9.62 Å². The van der Waals surface area contributed by atoms with Gasteiger partial charge in [0.15, 0.2) is 5.82 Å². The minimum Gasteiger partial charge on any atom is -0.506 e. The fourth-order valence-corrected chi connectivity index (χ4v) is 4.34. The zero-order valence-electron chi connectivity index (χ0n) is 17.6. The summed E-state index contributed by atoms with van der Waals surface area (Å²) in [5.41, 5.74) is 1.22. The second kappa shape index (κ2) is 8.71. The van der Waals surface area contributed by atoms with Gasteiger partial charge in [0.25, 0.3) is 15.9 Å². The first kappa shape index (κ1) is 22.8. The molecule has 0 unspecified atom stereocenters. The number of hydrogen-bond acceptors (Lipinski definition) is 6. The SMILES string of the molecule is Cc1ccc(S(=O)(=O)N(C)c2c(C(=O)Nc3cc(CC(=O)O)ccc3O)cnn2C)cc1. The molecular weight excluding hydrogens is 436 g/mol. The number of amides is 1. The monoisotopic (exact) mass is 458 g/mol. The van der Waals surface area contributed by atoms with E-state index in [0.717, 1.165) is 9.87 Å². The van der Waals surface area contributed by atoms with Gasteiger partial charge in [0.1, 0.15) is 11.3 Å². The fourth-order valence-electron chi connectivity index (χ4n) is 3.10. The molecule has 0 spiro atoms. The van der Waals surface area contributed by atoms with Gasteiger partial charge in [-0.1, -0.05) is 23.8 Å². The van der Waals surface area contributed by atoms with Crippen LogP contribution in [0.5, 0.6) is 5.75 Å². The third kappa shape index (κ3) is 4.57. The fraction of sp³-hybridized carbons (Fsp3) is 0.190. The molecule has 0 bridgehead atoms. The van der Waals surface area contributed by atoms with E-state index in [4.69, 9.17) is 5.11 Å². The van der Waals surface area contributed by atoms with E-state index in [1.165, 1.54) is 55.3 Å². The maximum Gasteiger partial charge on any atom is 0.307 e. The van der Waals surface area contributed by atoms with Crippen LogP contribution in [0.15, 0.2) is 53.6 Å². The molecule has 0 fully saturated rings. The summed E-state index contributed by atoms with van der Waals surface area (Å²) in [5, 5.41) is 25.5. The van der Waals surface area contributed by atoms with Gasteiger partial charge >= 0.3 is 5.97 Å². The van der Waals surface area contributed by atoms with E-state index >= 15 is 0 Å². The molecule has 2 aromatic carbocycles. The number of rotatable bonds is 7. The minimum atomic E-state index is -3.98. The van der Waals surface area contributed by atoms with Gasteiger partial charge in [-0.15, -0.1) is 0 Å². The Morgan fingerprint density at radius 1 is 1.16 bits per heavy atom. The van der Waals surface area contributed by atoms with Crippen molar-refractivity contribution in [2.24, 2.45) is 7.05 Å². The Morgan fingerprint density at radius 2 is 1.81 bits per heavy atom. The summed E-state index contributed by atoms with van der Waals surface area (Å²) in [4.78, 5) is 23.9. The molecular formula is C21H22N4O6S. The molecule has 0 radical (unpaired) electrons. The van der Waals surface area contributed by atoms with Crippen LogP contribution >= 0.6 is 0 Å². The molecule has 0 saturated heterocycles. The van der Waals surface area contributed by atoms with E-state index < -0.39 is 21.9 Å². The van der Waals surface area contributed by atoms with Crippen molar-refractivity contribution in [3.8, 4) is 5.75 Å². The molecule has 11 heteroatoms. The van der Waals surface area contributed by atoms with Gasteiger partial charge < -0.3 is 15.5 Å². The van der Waals surface area contributed by atoms with Gasteiger partial charge in [0, 0.05) is 14.1 Å². The Bertz CT molecular complexity index is 1280. The number of anilines is 2. The number of carbonyl (C=O) groups excluding carboxylic acids is 1. The average molecular weight is 458 g/mol. The number of phenolic OH excluding ortho intramolecular Hbond substituents is 1. The minimum absolute atomic E-state index is 0.00685. The first-order valence-electron chi connectivity index (χ1n) is 9.43. The predicted octanol–water partition coefficient (Wildman–Crippen LogP) is 2.14. The standard InChI is InChI=1S/C21H22N4O6S/c1-13-4-7-15(8-5-13)32(30,31)25(3)21-16(12-22-24(21)2)20(29)23-17-10-14(11-19(27)28)6-9-18(17)26/h4-10,12,26H,11H2,1-3H3,(H,23,29)(H,27,28). The molecule has 1 heterocycles. The third-order valence-corrected chi connectivity index (χ3v) is 6.56. The Kier molecular flexibility index (Phi) is 6.21. The first-order chi connectivity index (χ1) is 15.0. The highest BCUT2D eigenvalue weighted by molar-refractivity contribution is 7.92. The zero-order valence-corrected chi connectivity index (χ0v) is 18.4. The van der Waals surface area contributed by atoms with Gasteiger partial charge in [-0.25, -0.2) is 8.42 Å². The van der Waals surface area contributed by atoms with E-state index in [-0.39, 0.29) is 34.1 Å². The maximum absolute atomic E-state index is 13.1. The number of hydrogen-bond donors (Lipinski definition) is 3. The summed E-state index contributed by atoms with van der Waals surface area (Å²) >= 11 is 0. The number of nitrogens with one attached hydrogen (secondary N) is 1. The normalized spacial score (nSPS) is 11.2. The summed E-state index contributed by atoms with van der Waals surface area (Å²) in [6.07, 6.45) is 0.919. The van der Waals surface area contributed by atoms with Crippen molar-refractivity contribution in [2.75, 3.05) is 16.7 Å². The highest BCUT2D eigenvalue weighted by atomic mass is 32.2. The van der Waals surface area contributed by atoms with Gasteiger partial charge in [-0.05, 0) is 36.8 Å². The first-order valence-corrected chi connectivity index (χ1v) is 10.9. The lowest BCUT2D eigenvalue weighted by Crippen LogP contribution is -2.30. The third-order valence-electron chi connectivity index (χ3n) is 4.79. The van der Waals surface area contributed by atoms with Crippen LogP contribution in [0, 0.1) is 6.92 Å². The Balaban J connectivity index is 1.94. The summed E-state index contributed by atoms with van der Waals surface area (Å²) in [7, 11) is -1.17. The second-order valence-electron chi connectivity index (χ2n) is 7.17. The van der Waals surface area contributed by atoms with Gasteiger partial charge in [-0.3, -0.25) is 18.6 Å². The van der Waals surface area contributed by atoms with Crippen LogP contribution in [0.3, 0.4) is 0 Å². The topological polar surface area (TPSA) is 142 Å². The van der Waals surface area contributed by atoms with Crippen LogP contribution in [0.25, 0.3) is 0 Å². The van der Waals surface area contributed by atoms with Crippen molar-refractivity contribution in [3.63, 3.8) is 0 Å². The van der Waals surface area contributed by atoms with E-state index in [2.05, 4.69) is 10.4 Å². The van der Waals surface area contributed by atoms with Crippen molar-refractivity contribution in [3.05, 3.63) is 65.4 Å². The van der Waals surface area contributed by atoms with Crippen LogP contribution in [0.4, 0.5) is 11.5 Å². The van der Waals surface area contributed by atoms with Crippen LogP contribution in [-0.4, -0.2) is 47.3 Å². The molecule has 32 heavy (non-hydrogen) atoms. The number of carboxylic acid groups (broad SMARTS) is 1. The molecule has 3 N–H and O–H groups in total. The number of carboxylic acids is 1. The number of carbonyl (C=O) groups is 2. The molecule has 0 aliphatic carbocycles. The number of phenols is 1. The molecule has 0 saturated carbocycles. The molecule has 168 valence electrons. The van der Waals surface area contributed by atoms with Gasteiger partial charge in [-0.2, -0.15) is 5.10 Å². The molecule has 0 aliphatic rings. The van der Waals surface area contributed by atoms with Crippen LogP contribution in [0.1, 0.15) is 21.5 Å². The number of aliphatic carboxylic acids is 1. The Hall–Kier alpha value is -3.86. The van der Waals surface area contributed by atoms with Gasteiger partial charge in [0.05, 0.1) is 23.2 Å². The average Bonchev–Trinajstić information content (AvgIpc) is 3.11. The van der Waals surface area contributed by atoms with Crippen molar-refractivity contribution >= 4 is 33.4 Å². The summed E-state index contributed by atoms with van der Waals surface area (Å²) in [5.74, 6) is -2.03. The van der Waals surface area contributed by atoms with Crippen molar-refractivity contribution in [2.45, 2.75) is 18.2 Å². The van der Waals surface area contributed by atoms with Gasteiger partial charge in [0.2, 0.25) is 0 Å². The molecule has 0 aliphatic heterocycles. The highest BCUT2D eigenvalue weighted by Crippen LogP contribution is 2.29. The zero-order chi connectivity index (χ0) is 23.6. The Labute approximate surface area is 184 Å². The molecule has 1 amide bonds. The quantitative estimate of drug-likeness (QED) is 0.461. The van der Waals surface area contributed by atoms with Crippen LogP contribution in [-0.2, 0) is 28.3 Å². The predicted molar refractivity (Wildman–Crippen MR) is 117 cm³/mol. The summed E-state index contributed by atoms with van der Waals surface area (Å²) in [6.45, 7) is 1.84. The van der Waals surface area contributed by atoms with Crippen molar-refractivity contribution in [1.82, 2.24) is 9.78 Å².